The van der Waals surface area contributed by atoms with Crippen molar-refractivity contribution in [1.82, 2.24) is 0 Å². The van der Waals surface area contributed by atoms with Crippen LogP contribution in [0.4, 0.5) is 17.1 Å². The number of nitro groups is 1. The predicted molar refractivity (Wildman–Crippen MR) is 123 cm³/mol. The molecule has 0 aliphatic heterocycles. The third-order valence-electron chi connectivity index (χ3n) is 5.40. The van der Waals surface area contributed by atoms with Gasteiger partial charge in [0.25, 0.3) is 21.6 Å². The predicted octanol–water partition coefficient (Wildman–Crippen LogP) is 4.15. The summed E-state index contributed by atoms with van der Waals surface area (Å²) >= 11 is 0. The highest BCUT2D eigenvalue weighted by Gasteiger charge is 2.21. The fraction of sp³-hybridized carbons (Fsp3) is 0.174. The number of aryl methyl sites for hydroxylation is 2. The lowest BCUT2D eigenvalue weighted by Crippen LogP contribution is -2.16. The smallest absolute Gasteiger partial charge is 0.271 e. The number of rotatable bonds is 7. The average molecular weight is 468 g/mol. The van der Waals surface area contributed by atoms with Crippen LogP contribution in [0, 0.1) is 10.1 Å². The summed E-state index contributed by atoms with van der Waals surface area (Å²) in [6.45, 7) is 0. The van der Waals surface area contributed by atoms with Gasteiger partial charge in [-0.05, 0) is 66.8 Å². The first kappa shape index (κ1) is 22.3. The number of amides is 1. The molecule has 0 radical (unpaired) electrons. The molecule has 3 aromatic carbocycles. The zero-order valence-electron chi connectivity index (χ0n) is 17.7. The Bertz CT molecular complexity index is 1350. The number of benzene rings is 3. The van der Waals surface area contributed by atoms with Crippen molar-refractivity contribution < 1.29 is 22.9 Å². The first-order chi connectivity index (χ1) is 15.8. The topological polar surface area (TPSA) is 128 Å². The maximum Gasteiger partial charge on any atom is 0.271 e. The number of nitrogens with one attached hydrogen (secondary N) is 2. The molecule has 0 saturated carbocycles. The number of carbonyl (C=O) groups excluding carboxylic acids is 1. The molecule has 0 atom stereocenters. The van der Waals surface area contributed by atoms with Crippen LogP contribution in [0.25, 0.3) is 0 Å². The standard InChI is InChI=1S/C23H21N3O6S/c1-32-22-11-10-19(26(28)29)14-21(22)25-33(30,31)20-7-3-6-17(13-20)23(27)24-18-9-8-15-4-2-5-16(15)12-18/h3,6-14,25H,2,4-5H2,1H3,(H,24,27). The number of ether oxygens (including phenoxy) is 1. The molecule has 170 valence electrons. The van der Waals surface area contributed by atoms with E-state index in [1.807, 2.05) is 18.2 Å². The Morgan fingerprint density at radius 3 is 2.58 bits per heavy atom. The summed E-state index contributed by atoms with van der Waals surface area (Å²) in [4.78, 5) is 23.0. The molecule has 0 heterocycles. The molecule has 2 N–H and O–H groups in total. The van der Waals surface area contributed by atoms with Crippen molar-refractivity contribution in [2.24, 2.45) is 0 Å². The molecule has 0 aromatic heterocycles. The van der Waals surface area contributed by atoms with Gasteiger partial charge in [-0.2, -0.15) is 0 Å². The van der Waals surface area contributed by atoms with Crippen LogP contribution >= 0.6 is 0 Å². The number of nitrogens with zero attached hydrogens (tertiary/aromatic N) is 1. The summed E-state index contributed by atoms with van der Waals surface area (Å²) < 4.78 is 33.3. The van der Waals surface area contributed by atoms with E-state index in [-0.39, 0.29) is 27.6 Å². The largest absolute Gasteiger partial charge is 0.495 e. The molecule has 0 bridgehead atoms. The Kier molecular flexibility index (Phi) is 6.01. The van der Waals surface area contributed by atoms with E-state index in [9.17, 15) is 23.3 Å². The molecule has 9 nitrogen and oxygen atoms in total. The molecule has 4 rings (SSSR count). The van der Waals surface area contributed by atoms with Crippen molar-refractivity contribution >= 4 is 33.0 Å². The van der Waals surface area contributed by atoms with Gasteiger partial charge in [-0.1, -0.05) is 12.1 Å². The van der Waals surface area contributed by atoms with E-state index < -0.39 is 20.9 Å². The van der Waals surface area contributed by atoms with E-state index in [0.29, 0.717) is 5.69 Å². The van der Waals surface area contributed by atoms with E-state index >= 15 is 0 Å². The minimum Gasteiger partial charge on any atom is -0.495 e. The SMILES string of the molecule is COc1ccc([N+](=O)[O-])cc1NS(=O)(=O)c1cccc(C(=O)Nc2ccc3c(c2)CCC3)c1. The number of non-ortho nitro benzene ring substituents is 1. The zero-order chi connectivity index (χ0) is 23.6. The number of methoxy groups -OCH3 is 1. The van der Waals surface area contributed by atoms with Gasteiger partial charge in [0.2, 0.25) is 0 Å². The highest BCUT2D eigenvalue weighted by molar-refractivity contribution is 7.92. The summed E-state index contributed by atoms with van der Waals surface area (Å²) in [5, 5.41) is 13.9. The summed E-state index contributed by atoms with van der Waals surface area (Å²) in [5.74, 6) is -0.326. The second kappa shape index (κ2) is 8.91. The van der Waals surface area contributed by atoms with Crippen LogP contribution in [-0.2, 0) is 22.9 Å². The fourth-order valence-electron chi connectivity index (χ4n) is 3.75. The summed E-state index contributed by atoms with van der Waals surface area (Å²) in [7, 11) is -2.84. The molecule has 0 saturated heterocycles. The lowest BCUT2D eigenvalue weighted by Gasteiger charge is -2.13. The number of carbonyl (C=O) groups is 1. The minimum atomic E-state index is -4.16. The number of hydrogen-bond donors (Lipinski definition) is 2. The van der Waals surface area contributed by atoms with Gasteiger partial charge in [-0.25, -0.2) is 8.42 Å². The molecule has 1 aliphatic carbocycles. The van der Waals surface area contributed by atoms with Crippen molar-refractivity contribution in [2.45, 2.75) is 24.2 Å². The lowest BCUT2D eigenvalue weighted by atomic mass is 10.1. The van der Waals surface area contributed by atoms with Gasteiger partial charge in [0.15, 0.2) is 0 Å². The van der Waals surface area contributed by atoms with E-state index in [4.69, 9.17) is 4.74 Å². The maximum absolute atomic E-state index is 12.9. The second-order valence-electron chi connectivity index (χ2n) is 7.57. The van der Waals surface area contributed by atoms with Gasteiger partial charge >= 0.3 is 0 Å². The van der Waals surface area contributed by atoms with Crippen LogP contribution in [0.1, 0.15) is 27.9 Å². The van der Waals surface area contributed by atoms with Crippen LogP contribution in [0.3, 0.4) is 0 Å². The van der Waals surface area contributed by atoms with Crippen molar-refractivity contribution in [2.75, 3.05) is 17.1 Å². The number of anilines is 2. The van der Waals surface area contributed by atoms with E-state index in [1.54, 1.807) is 0 Å². The van der Waals surface area contributed by atoms with Crippen LogP contribution < -0.4 is 14.8 Å². The van der Waals surface area contributed by atoms with Gasteiger partial charge < -0.3 is 10.1 Å². The van der Waals surface area contributed by atoms with E-state index in [1.165, 1.54) is 54.6 Å². The summed E-state index contributed by atoms with van der Waals surface area (Å²) in [6, 6.07) is 14.9. The quantitative estimate of drug-likeness (QED) is 0.397. The van der Waals surface area contributed by atoms with Gasteiger partial charge in [0.05, 0.1) is 22.6 Å². The van der Waals surface area contributed by atoms with Crippen molar-refractivity contribution in [1.29, 1.82) is 0 Å². The zero-order valence-corrected chi connectivity index (χ0v) is 18.5. The molecule has 0 unspecified atom stereocenters. The Labute approximate surface area is 190 Å². The van der Waals surface area contributed by atoms with E-state index in [0.717, 1.165) is 25.3 Å². The number of hydrogen-bond acceptors (Lipinski definition) is 6. The molecular formula is C23H21N3O6S. The average Bonchev–Trinajstić information content (AvgIpc) is 3.26. The van der Waals surface area contributed by atoms with Crippen LogP contribution in [0.2, 0.25) is 0 Å². The van der Waals surface area contributed by atoms with E-state index in [2.05, 4.69) is 10.0 Å². The molecule has 1 aliphatic rings. The highest BCUT2D eigenvalue weighted by Crippen LogP contribution is 2.31. The van der Waals surface area contributed by atoms with Gasteiger partial charge in [-0.15, -0.1) is 0 Å². The number of fused-ring (bicyclic) bond motifs is 1. The molecule has 0 fully saturated rings. The highest BCUT2D eigenvalue weighted by atomic mass is 32.2. The first-order valence-corrected chi connectivity index (χ1v) is 11.6. The van der Waals surface area contributed by atoms with Crippen molar-refractivity contribution in [3.8, 4) is 5.75 Å². The van der Waals surface area contributed by atoms with Gasteiger partial charge in [-0.3, -0.25) is 19.6 Å². The molecule has 0 spiro atoms. The Morgan fingerprint density at radius 2 is 1.82 bits per heavy atom. The first-order valence-electron chi connectivity index (χ1n) is 10.2. The van der Waals surface area contributed by atoms with Crippen LogP contribution in [0.5, 0.6) is 5.75 Å². The fourth-order valence-corrected chi connectivity index (χ4v) is 4.86. The number of sulfonamides is 1. The number of nitro benzene ring substituents is 1. The summed E-state index contributed by atoms with van der Waals surface area (Å²) in [5.41, 5.74) is 2.91. The lowest BCUT2D eigenvalue weighted by molar-refractivity contribution is -0.384. The van der Waals surface area contributed by atoms with Crippen molar-refractivity contribution in [3.05, 3.63) is 87.5 Å². The maximum atomic E-state index is 12.9. The van der Waals surface area contributed by atoms with Gasteiger partial charge in [0.1, 0.15) is 5.75 Å². The van der Waals surface area contributed by atoms with Crippen LogP contribution in [-0.4, -0.2) is 26.4 Å². The Balaban J connectivity index is 1.57. The second-order valence-corrected chi connectivity index (χ2v) is 9.25. The van der Waals surface area contributed by atoms with Gasteiger partial charge in [0, 0.05) is 23.4 Å². The molecule has 1 amide bonds. The summed E-state index contributed by atoms with van der Waals surface area (Å²) in [6.07, 6.45) is 3.10. The molecule has 3 aromatic rings. The minimum absolute atomic E-state index is 0.0836. The molecular weight excluding hydrogens is 446 g/mol. The Morgan fingerprint density at radius 1 is 1.03 bits per heavy atom. The van der Waals surface area contributed by atoms with Crippen molar-refractivity contribution in [3.63, 3.8) is 0 Å². The normalized spacial score (nSPS) is 12.6. The third kappa shape index (κ3) is 4.80. The third-order valence-corrected chi connectivity index (χ3v) is 6.76. The Hall–Kier alpha value is -3.92. The van der Waals surface area contributed by atoms with Crippen LogP contribution in [0.15, 0.2) is 65.6 Å². The molecule has 10 heteroatoms. The monoisotopic (exact) mass is 467 g/mol. The molecule has 33 heavy (non-hydrogen) atoms.